The van der Waals surface area contributed by atoms with Gasteiger partial charge in [-0.25, -0.2) is 0 Å². The lowest BCUT2D eigenvalue weighted by Crippen LogP contribution is -2.36. The summed E-state index contributed by atoms with van der Waals surface area (Å²) in [7, 11) is 1.56. The van der Waals surface area contributed by atoms with Crippen LogP contribution in [0.5, 0.6) is 0 Å². The number of methoxy groups -OCH3 is 1. The van der Waals surface area contributed by atoms with E-state index in [1.807, 2.05) is 0 Å². The van der Waals surface area contributed by atoms with Gasteiger partial charge >= 0.3 is 0 Å². The number of ether oxygens (including phenoxy) is 2. The summed E-state index contributed by atoms with van der Waals surface area (Å²) in [5.74, 6) is -0.419. The number of carbonyl (C=O) groups is 2. The van der Waals surface area contributed by atoms with Crippen molar-refractivity contribution in [1.82, 2.24) is 15.6 Å². The molecule has 0 aliphatic heterocycles. The van der Waals surface area contributed by atoms with Crippen LogP contribution in [-0.4, -0.2) is 56.8 Å². The maximum atomic E-state index is 11.6. The van der Waals surface area contributed by atoms with Crippen molar-refractivity contribution in [2.75, 3.05) is 40.0 Å². The van der Waals surface area contributed by atoms with Gasteiger partial charge < -0.3 is 20.1 Å². The molecule has 0 radical (unpaired) electrons. The Bertz CT molecular complexity index is 411. The van der Waals surface area contributed by atoms with Crippen molar-refractivity contribution >= 4 is 11.8 Å². The van der Waals surface area contributed by atoms with E-state index < -0.39 is 0 Å². The largest absolute Gasteiger partial charge is 0.382 e. The van der Waals surface area contributed by atoms with E-state index in [0.29, 0.717) is 31.9 Å². The van der Waals surface area contributed by atoms with Gasteiger partial charge in [-0.3, -0.25) is 14.6 Å². The van der Waals surface area contributed by atoms with Crippen LogP contribution in [-0.2, 0) is 14.3 Å². The molecule has 1 heterocycles. The van der Waals surface area contributed by atoms with Crippen LogP contribution in [0.3, 0.4) is 0 Å². The van der Waals surface area contributed by atoms with E-state index >= 15 is 0 Å². The summed E-state index contributed by atoms with van der Waals surface area (Å²) >= 11 is 0. The minimum atomic E-state index is -0.223. The molecule has 2 amide bonds. The second-order valence-electron chi connectivity index (χ2n) is 3.89. The zero-order valence-electron chi connectivity index (χ0n) is 11.4. The molecule has 0 spiro atoms. The van der Waals surface area contributed by atoms with Gasteiger partial charge in [0.05, 0.1) is 13.2 Å². The average molecular weight is 281 g/mol. The second kappa shape index (κ2) is 9.88. The van der Waals surface area contributed by atoms with Gasteiger partial charge in [-0.2, -0.15) is 0 Å². The molecule has 0 aliphatic carbocycles. The van der Waals surface area contributed by atoms with Gasteiger partial charge in [0.2, 0.25) is 5.91 Å². The number of pyridine rings is 1. The Morgan fingerprint density at radius 2 is 1.85 bits per heavy atom. The Morgan fingerprint density at radius 3 is 2.55 bits per heavy atom. The quantitative estimate of drug-likeness (QED) is 0.601. The molecule has 1 rings (SSSR count). The normalized spacial score (nSPS) is 10.1. The van der Waals surface area contributed by atoms with E-state index in [2.05, 4.69) is 15.6 Å². The first-order valence-corrected chi connectivity index (χ1v) is 6.25. The Hall–Kier alpha value is -1.99. The Kier molecular flexibility index (Phi) is 7.93. The molecule has 20 heavy (non-hydrogen) atoms. The highest BCUT2D eigenvalue weighted by Crippen LogP contribution is 1.94. The van der Waals surface area contributed by atoms with E-state index in [9.17, 15) is 9.59 Å². The third-order valence-corrected chi connectivity index (χ3v) is 2.34. The van der Waals surface area contributed by atoms with Crippen molar-refractivity contribution in [1.29, 1.82) is 0 Å². The molecule has 0 aromatic carbocycles. The molecule has 1 aromatic heterocycles. The molecule has 0 unspecified atom stereocenters. The summed E-state index contributed by atoms with van der Waals surface area (Å²) in [6.45, 7) is 1.52. The average Bonchev–Trinajstić information content (AvgIpc) is 2.49. The van der Waals surface area contributed by atoms with Gasteiger partial charge in [-0.05, 0) is 12.1 Å². The Balaban J connectivity index is 2.07. The summed E-state index contributed by atoms with van der Waals surface area (Å²) in [6, 6.07) is 3.25. The Labute approximate surface area is 117 Å². The lowest BCUT2D eigenvalue weighted by Gasteiger charge is -2.07. The van der Waals surface area contributed by atoms with Gasteiger partial charge in [0, 0.05) is 38.2 Å². The molecule has 1 aromatic rings. The highest BCUT2D eigenvalue weighted by Gasteiger charge is 2.04. The van der Waals surface area contributed by atoms with E-state index in [1.54, 1.807) is 31.6 Å². The number of nitrogens with one attached hydrogen (secondary N) is 2. The number of hydrogen-bond donors (Lipinski definition) is 2. The number of nitrogens with zero attached hydrogens (tertiary/aromatic N) is 1. The fraction of sp³-hybridized carbons (Fsp3) is 0.462. The van der Waals surface area contributed by atoms with Crippen LogP contribution >= 0.6 is 0 Å². The van der Waals surface area contributed by atoms with Crippen LogP contribution in [0.4, 0.5) is 0 Å². The molecule has 0 atom stereocenters. The van der Waals surface area contributed by atoms with Crippen molar-refractivity contribution in [3.63, 3.8) is 0 Å². The van der Waals surface area contributed by atoms with Gasteiger partial charge in [-0.1, -0.05) is 0 Å². The molecule has 2 N–H and O–H groups in total. The predicted octanol–water partition coefficient (Wildman–Crippen LogP) is -0.409. The fourth-order valence-electron chi connectivity index (χ4n) is 1.34. The number of rotatable bonds is 9. The second-order valence-corrected chi connectivity index (χ2v) is 3.89. The summed E-state index contributed by atoms with van der Waals surface area (Å²) in [5.41, 5.74) is 0.536. The number of hydrogen-bond acceptors (Lipinski definition) is 5. The number of amides is 2. The molecule has 0 saturated carbocycles. The van der Waals surface area contributed by atoms with Crippen molar-refractivity contribution in [2.45, 2.75) is 0 Å². The van der Waals surface area contributed by atoms with Crippen molar-refractivity contribution in [3.8, 4) is 0 Å². The molecule has 7 heteroatoms. The fourth-order valence-corrected chi connectivity index (χ4v) is 1.34. The molecule has 0 bridgehead atoms. The first-order chi connectivity index (χ1) is 9.74. The van der Waals surface area contributed by atoms with Crippen LogP contribution in [0.1, 0.15) is 10.4 Å². The van der Waals surface area contributed by atoms with Crippen molar-refractivity contribution in [2.24, 2.45) is 0 Å². The van der Waals surface area contributed by atoms with Gasteiger partial charge in [0.25, 0.3) is 5.91 Å². The van der Waals surface area contributed by atoms with Crippen molar-refractivity contribution in [3.05, 3.63) is 30.1 Å². The van der Waals surface area contributed by atoms with Gasteiger partial charge in [0.15, 0.2) is 0 Å². The first-order valence-electron chi connectivity index (χ1n) is 6.25. The zero-order chi connectivity index (χ0) is 14.6. The highest BCUT2D eigenvalue weighted by molar-refractivity contribution is 5.93. The number of carbonyl (C=O) groups excluding carboxylic acids is 2. The molecule has 0 aliphatic rings. The maximum Gasteiger partial charge on any atom is 0.251 e. The third kappa shape index (κ3) is 6.81. The minimum absolute atomic E-state index is 0.0122. The zero-order valence-corrected chi connectivity index (χ0v) is 11.4. The Morgan fingerprint density at radius 1 is 1.15 bits per heavy atom. The molecule has 0 fully saturated rings. The lowest BCUT2D eigenvalue weighted by molar-refractivity contribution is -0.126. The molecule has 0 saturated heterocycles. The van der Waals surface area contributed by atoms with E-state index in [1.165, 1.54) is 0 Å². The summed E-state index contributed by atoms with van der Waals surface area (Å²) in [4.78, 5) is 26.8. The van der Waals surface area contributed by atoms with Crippen LogP contribution in [0, 0.1) is 0 Å². The van der Waals surface area contributed by atoms with Crippen molar-refractivity contribution < 1.29 is 19.1 Å². The lowest BCUT2D eigenvalue weighted by atomic mass is 10.2. The van der Waals surface area contributed by atoms with E-state index in [0.717, 1.165) is 0 Å². The van der Waals surface area contributed by atoms with Crippen LogP contribution in [0.15, 0.2) is 24.5 Å². The molecular formula is C13H19N3O4. The summed E-state index contributed by atoms with van der Waals surface area (Å²) in [5, 5.41) is 5.32. The van der Waals surface area contributed by atoms with Crippen LogP contribution in [0.25, 0.3) is 0 Å². The first kappa shape index (κ1) is 16.1. The summed E-state index contributed by atoms with van der Waals surface area (Å²) in [6.07, 6.45) is 3.10. The topological polar surface area (TPSA) is 89.5 Å². The van der Waals surface area contributed by atoms with Gasteiger partial charge in [-0.15, -0.1) is 0 Å². The molecular weight excluding hydrogens is 262 g/mol. The van der Waals surface area contributed by atoms with Crippen LogP contribution < -0.4 is 10.6 Å². The predicted molar refractivity (Wildman–Crippen MR) is 72.3 cm³/mol. The smallest absolute Gasteiger partial charge is 0.251 e. The standard InChI is InChI=1S/C13H19N3O4/c1-19-8-9-20-10-12(17)15-6-7-16-13(18)11-2-4-14-5-3-11/h2-5H,6-10H2,1H3,(H,15,17)(H,16,18). The van der Waals surface area contributed by atoms with Gasteiger partial charge in [0.1, 0.15) is 6.61 Å². The molecule has 110 valence electrons. The SMILES string of the molecule is COCCOCC(=O)NCCNC(=O)c1ccncc1. The maximum absolute atomic E-state index is 11.6. The monoisotopic (exact) mass is 281 g/mol. The number of aromatic nitrogens is 1. The van der Waals surface area contributed by atoms with E-state index in [4.69, 9.17) is 9.47 Å². The van der Waals surface area contributed by atoms with Crippen LogP contribution in [0.2, 0.25) is 0 Å². The summed E-state index contributed by atoms with van der Waals surface area (Å²) < 4.78 is 9.83. The minimum Gasteiger partial charge on any atom is -0.382 e. The van der Waals surface area contributed by atoms with E-state index in [-0.39, 0.29) is 18.4 Å². The molecule has 7 nitrogen and oxygen atoms in total. The third-order valence-electron chi connectivity index (χ3n) is 2.34. The highest BCUT2D eigenvalue weighted by atomic mass is 16.5.